The number of ether oxygens (including phenoxy) is 1. The number of hydrogen-bond acceptors (Lipinski definition) is 4. The average Bonchev–Trinajstić information content (AvgIpc) is 3.22. The van der Waals surface area contributed by atoms with E-state index in [1.807, 2.05) is 0 Å². The lowest BCUT2D eigenvalue weighted by atomic mass is 10.1. The van der Waals surface area contributed by atoms with Crippen molar-refractivity contribution in [3.8, 4) is 0 Å². The van der Waals surface area contributed by atoms with Gasteiger partial charge < -0.3 is 10.5 Å². The molecule has 0 unspecified atom stereocenters. The van der Waals surface area contributed by atoms with Crippen LogP contribution in [0.1, 0.15) is 24.0 Å². The maximum Gasteiger partial charge on any atom is 0.215 e. The van der Waals surface area contributed by atoms with E-state index in [9.17, 15) is 8.42 Å². The molecule has 0 atom stereocenters. The van der Waals surface area contributed by atoms with Crippen LogP contribution >= 0.6 is 12.2 Å². The molecule has 0 amide bonds. The van der Waals surface area contributed by atoms with Crippen LogP contribution in [0.3, 0.4) is 0 Å². The molecular formula is C14H20N2O3S2. The van der Waals surface area contributed by atoms with Crippen LogP contribution in [-0.2, 0) is 20.5 Å². The molecule has 1 aromatic rings. The third-order valence-electron chi connectivity index (χ3n) is 3.19. The van der Waals surface area contributed by atoms with Crippen LogP contribution < -0.4 is 10.5 Å². The number of hydrogen-bond donors (Lipinski definition) is 2. The van der Waals surface area contributed by atoms with Crippen LogP contribution in [0.5, 0.6) is 0 Å². The first-order valence-corrected chi connectivity index (χ1v) is 8.96. The zero-order chi connectivity index (χ0) is 15.3. The summed E-state index contributed by atoms with van der Waals surface area (Å²) in [6.45, 7) is 1.43. The molecule has 0 aromatic heterocycles. The highest BCUT2D eigenvalue weighted by Crippen LogP contribution is 2.28. The Balaban J connectivity index is 1.79. The van der Waals surface area contributed by atoms with E-state index in [1.165, 1.54) is 12.8 Å². The molecule has 2 rings (SSSR count). The molecule has 1 aliphatic rings. The molecule has 1 aromatic carbocycles. The van der Waals surface area contributed by atoms with Crippen molar-refractivity contribution >= 4 is 27.2 Å². The van der Waals surface area contributed by atoms with Gasteiger partial charge in [0.25, 0.3) is 0 Å². The molecule has 0 radical (unpaired) electrons. The molecule has 1 fully saturated rings. The highest BCUT2D eigenvalue weighted by molar-refractivity contribution is 7.88. The molecule has 0 heterocycles. The summed E-state index contributed by atoms with van der Waals surface area (Å²) in [5.74, 6) is 0.593. The predicted molar refractivity (Wildman–Crippen MR) is 86.5 cm³/mol. The Bertz CT molecular complexity index is 598. The van der Waals surface area contributed by atoms with Crippen molar-refractivity contribution in [2.45, 2.75) is 18.6 Å². The van der Waals surface area contributed by atoms with Gasteiger partial charge in [0.15, 0.2) is 0 Å². The zero-order valence-electron chi connectivity index (χ0n) is 11.7. The molecule has 0 aliphatic heterocycles. The predicted octanol–water partition coefficient (Wildman–Crippen LogP) is 1.17. The van der Waals surface area contributed by atoms with E-state index in [1.54, 1.807) is 24.3 Å². The van der Waals surface area contributed by atoms with Crippen molar-refractivity contribution in [3.63, 3.8) is 0 Å². The molecule has 0 bridgehead atoms. The largest absolute Gasteiger partial charge is 0.389 e. The summed E-state index contributed by atoms with van der Waals surface area (Å²) in [7, 11) is -3.38. The Hall–Kier alpha value is -1.02. The standard InChI is InChI=1S/C14H20N2O3S2/c15-14(20)13-3-1-2-12(8-13)10-21(17,18)16-6-7-19-9-11-4-5-11/h1-3,8,11,16H,4-7,9-10H2,(H2,15,20). The lowest BCUT2D eigenvalue weighted by molar-refractivity contribution is 0.129. The highest BCUT2D eigenvalue weighted by atomic mass is 32.2. The van der Waals surface area contributed by atoms with Gasteiger partial charge in [0.05, 0.1) is 12.4 Å². The van der Waals surface area contributed by atoms with Crippen LogP contribution in [0.4, 0.5) is 0 Å². The molecule has 5 nitrogen and oxygen atoms in total. The van der Waals surface area contributed by atoms with Crippen molar-refractivity contribution in [1.82, 2.24) is 4.72 Å². The van der Waals surface area contributed by atoms with Gasteiger partial charge in [0.2, 0.25) is 10.0 Å². The first kappa shape index (κ1) is 16.4. The quantitative estimate of drug-likeness (QED) is 0.525. The molecule has 1 aliphatic carbocycles. The molecule has 21 heavy (non-hydrogen) atoms. The Morgan fingerprint density at radius 2 is 2.19 bits per heavy atom. The van der Waals surface area contributed by atoms with Crippen molar-refractivity contribution in [3.05, 3.63) is 35.4 Å². The van der Waals surface area contributed by atoms with Gasteiger partial charge in [-0.3, -0.25) is 0 Å². The minimum absolute atomic E-state index is 0.0912. The number of nitrogens with two attached hydrogens (primary N) is 1. The molecule has 0 spiro atoms. The number of thiocarbonyl (C=S) groups is 1. The Morgan fingerprint density at radius 3 is 2.86 bits per heavy atom. The van der Waals surface area contributed by atoms with E-state index in [-0.39, 0.29) is 10.7 Å². The fourth-order valence-corrected chi connectivity index (χ4v) is 3.13. The van der Waals surface area contributed by atoms with Gasteiger partial charge in [-0.15, -0.1) is 0 Å². The third kappa shape index (κ3) is 6.09. The Labute approximate surface area is 130 Å². The summed E-state index contributed by atoms with van der Waals surface area (Å²) in [5, 5.41) is 0. The SMILES string of the molecule is NC(=S)c1cccc(CS(=O)(=O)NCCOCC2CC2)c1. The van der Waals surface area contributed by atoms with E-state index >= 15 is 0 Å². The van der Waals surface area contributed by atoms with Crippen molar-refractivity contribution in [2.24, 2.45) is 11.7 Å². The van der Waals surface area contributed by atoms with E-state index in [0.29, 0.717) is 30.2 Å². The summed E-state index contributed by atoms with van der Waals surface area (Å²) >= 11 is 4.88. The highest BCUT2D eigenvalue weighted by Gasteiger charge is 2.21. The van der Waals surface area contributed by atoms with Gasteiger partial charge in [0, 0.05) is 18.7 Å². The maximum atomic E-state index is 12.0. The van der Waals surface area contributed by atoms with Crippen LogP contribution in [0.2, 0.25) is 0 Å². The second-order valence-electron chi connectivity index (χ2n) is 5.24. The topological polar surface area (TPSA) is 81.4 Å². The van der Waals surface area contributed by atoms with Gasteiger partial charge in [-0.05, 0) is 30.4 Å². The minimum atomic E-state index is -3.38. The molecule has 3 N–H and O–H groups in total. The van der Waals surface area contributed by atoms with E-state index in [2.05, 4.69) is 4.72 Å². The fraction of sp³-hybridized carbons (Fsp3) is 0.500. The number of benzene rings is 1. The lowest BCUT2D eigenvalue weighted by Gasteiger charge is -2.08. The minimum Gasteiger partial charge on any atom is -0.389 e. The van der Waals surface area contributed by atoms with Gasteiger partial charge in [0.1, 0.15) is 4.99 Å². The smallest absolute Gasteiger partial charge is 0.215 e. The van der Waals surface area contributed by atoms with E-state index in [0.717, 1.165) is 6.61 Å². The number of sulfonamides is 1. The van der Waals surface area contributed by atoms with Gasteiger partial charge in [-0.2, -0.15) is 0 Å². The zero-order valence-corrected chi connectivity index (χ0v) is 13.4. The summed E-state index contributed by atoms with van der Waals surface area (Å²) in [4.78, 5) is 0.260. The number of nitrogens with one attached hydrogen (secondary N) is 1. The summed E-state index contributed by atoms with van der Waals surface area (Å²) < 4.78 is 31.8. The molecule has 7 heteroatoms. The second kappa shape index (κ2) is 7.31. The van der Waals surface area contributed by atoms with Crippen LogP contribution in [0, 0.1) is 5.92 Å². The lowest BCUT2D eigenvalue weighted by Crippen LogP contribution is -2.29. The van der Waals surface area contributed by atoms with Crippen molar-refractivity contribution in [2.75, 3.05) is 19.8 Å². The van der Waals surface area contributed by atoms with Gasteiger partial charge >= 0.3 is 0 Å². The van der Waals surface area contributed by atoms with E-state index in [4.69, 9.17) is 22.7 Å². The Morgan fingerprint density at radius 1 is 1.43 bits per heavy atom. The second-order valence-corrected chi connectivity index (χ2v) is 7.48. The molecule has 1 saturated carbocycles. The third-order valence-corrected chi connectivity index (χ3v) is 4.78. The number of rotatable bonds is 9. The molecular weight excluding hydrogens is 308 g/mol. The van der Waals surface area contributed by atoms with Crippen molar-refractivity contribution < 1.29 is 13.2 Å². The first-order chi connectivity index (χ1) is 9.96. The van der Waals surface area contributed by atoms with E-state index < -0.39 is 10.0 Å². The van der Waals surface area contributed by atoms with Gasteiger partial charge in [-0.25, -0.2) is 13.1 Å². The van der Waals surface area contributed by atoms with Crippen molar-refractivity contribution in [1.29, 1.82) is 0 Å². The van der Waals surface area contributed by atoms with Crippen LogP contribution in [0.15, 0.2) is 24.3 Å². The van der Waals surface area contributed by atoms with Crippen LogP contribution in [-0.4, -0.2) is 33.2 Å². The monoisotopic (exact) mass is 328 g/mol. The first-order valence-electron chi connectivity index (χ1n) is 6.90. The summed E-state index contributed by atoms with van der Waals surface area (Å²) in [5.41, 5.74) is 6.87. The molecule has 0 saturated heterocycles. The average molecular weight is 328 g/mol. The normalized spacial score (nSPS) is 15.0. The summed E-state index contributed by atoms with van der Waals surface area (Å²) in [6, 6.07) is 6.95. The summed E-state index contributed by atoms with van der Waals surface area (Å²) in [6.07, 6.45) is 2.45. The Kier molecular flexibility index (Phi) is 5.69. The maximum absolute atomic E-state index is 12.0. The van der Waals surface area contributed by atoms with Gasteiger partial charge in [-0.1, -0.05) is 30.4 Å². The van der Waals surface area contributed by atoms with Crippen LogP contribution in [0.25, 0.3) is 0 Å². The molecule has 116 valence electrons. The fourth-order valence-electron chi connectivity index (χ4n) is 1.89.